The van der Waals surface area contributed by atoms with Crippen molar-refractivity contribution < 1.29 is 14.4 Å². The number of piperidine rings is 2. The molecule has 7 nitrogen and oxygen atoms in total. The van der Waals surface area contributed by atoms with Gasteiger partial charge in [-0.3, -0.25) is 24.6 Å². The van der Waals surface area contributed by atoms with Gasteiger partial charge in [-0.1, -0.05) is 18.2 Å². The summed E-state index contributed by atoms with van der Waals surface area (Å²) in [6, 6.07) is 5.51. The molecule has 3 amide bonds. The van der Waals surface area contributed by atoms with Crippen LogP contribution in [0.4, 0.5) is 0 Å². The van der Waals surface area contributed by atoms with Crippen molar-refractivity contribution in [2.45, 2.75) is 44.8 Å². The standard InChI is InChI=1S/C22H28N4O3/c27-19-7-6-18(21(28)24-19)26-13-16-4-1-3-15(20(16)22(26)29)12-25-8-2-5-14(11-25)17-9-23-10-17/h1,3-4,14,17-18,23H,2,5-13H2,(H,24,27,28). The third-order valence-corrected chi connectivity index (χ3v) is 7.05. The van der Waals surface area contributed by atoms with E-state index < -0.39 is 6.04 Å². The van der Waals surface area contributed by atoms with Gasteiger partial charge in [0.2, 0.25) is 11.8 Å². The Bertz CT molecular complexity index is 850. The van der Waals surface area contributed by atoms with Crippen LogP contribution < -0.4 is 10.6 Å². The highest BCUT2D eigenvalue weighted by molar-refractivity contribution is 6.05. The van der Waals surface area contributed by atoms with E-state index >= 15 is 0 Å². The van der Waals surface area contributed by atoms with Crippen LogP contribution in [0.25, 0.3) is 0 Å². The van der Waals surface area contributed by atoms with Gasteiger partial charge in [0.25, 0.3) is 5.91 Å². The van der Waals surface area contributed by atoms with Crippen molar-refractivity contribution in [3.63, 3.8) is 0 Å². The molecule has 3 fully saturated rings. The number of amides is 3. The number of hydrogen-bond donors (Lipinski definition) is 2. The second-order valence-corrected chi connectivity index (χ2v) is 8.91. The topological polar surface area (TPSA) is 81.8 Å². The largest absolute Gasteiger partial charge is 0.322 e. The molecule has 4 heterocycles. The first-order valence-electron chi connectivity index (χ1n) is 10.8. The van der Waals surface area contributed by atoms with E-state index in [-0.39, 0.29) is 24.1 Å². The van der Waals surface area contributed by atoms with Crippen LogP contribution in [0.5, 0.6) is 0 Å². The highest BCUT2D eigenvalue weighted by atomic mass is 16.2. The van der Waals surface area contributed by atoms with Crippen molar-refractivity contribution in [3.05, 3.63) is 34.9 Å². The Morgan fingerprint density at radius 3 is 2.69 bits per heavy atom. The molecule has 4 aliphatic rings. The summed E-state index contributed by atoms with van der Waals surface area (Å²) < 4.78 is 0. The van der Waals surface area contributed by atoms with E-state index in [2.05, 4.69) is 21.6 Å². The summed E-state index contributed by atoms with van der Waals surface area (Å²) in [6.45, 7) is 5.68. The number of benzene rings is 1. The first-order chi connectivity index (χ1) is 14.1. The number of hydrogen-bond acceptors (Lipinski definition) is 5. The zero-order valence-electron chi connectivity index (χ0n) is 16.7. The van der Waals surface area contributed by atoms with Crippen molar-refractivity contribution in [2.75, 3.05) is 26.2 Å². The van der Waals surface area contributed by atoms with Crippen LogP contribution in [-0.4, -0.2) is 59.7 Å². The summed E-state index contributed by atoms with van der Waals surface area (Å²) in [5, 5.41) is 5.76. The normalized spacial score (nSPS) is 28.3. The Hall–Kier alpha value is -2.25. The summed E-state index contributed by atoms with van der Waals surface area (Å²) in [7, 11) is 0. The van der Waals surface area contributed by atoms with Crippen LogP contribution in [0.2, 0.25) is 0 Å². The molecule has 1 aromatic carbocycles. The summed E-state index contributed by atoms with van der Waals surface area (Å²) in [6.07, 6.45) is 3.21. The molecule has 0 spiro atoms. The van der Waals surface area contributed by atoms with E-state index in [0.717, 1.165) is 61.2 Å². The maximum atomic E-state index is 13.2. The van der Waals surface area contributed by atoms with Gasteiger partial charge in [0.1, 0.15) is 6.04 Å². The number of rotatable bonds is 4. The van der Waals surface area contributed by atoms with Gasteiger partial charge in [-0.15, -0.1) is 0 Å². The van der Waals surface area contributed by atoms with E-state index in [1.54, 1.807) is 4.90 Å². The Kier molecular flexibility index (Phi) is 4.87. The molecule has 0 aliphatic carbocycles. The average molecular weight is 396 g/mol. The fourth-order valence-corrected chi connectivity index (χ4v) is 5.33. The summed E-state index contributed by atoms with van der Waals surface area (Å²) in [4.78, 5) is 41.1. The SMILES string of the molecule is O=C1CCC(N2Cc3cccc(CN4CCCC(C5CNC5)C4)c3C2=O)C(=O)N1. The third-order valence-electron chi connectivity index (χ3n) is 7.05. The maximum Gasteiger partial charge on any atom is 0.255 e. The minimum atomic E-state index is -0.550. The highest BCUT2D eigenvalue weighted by Gasteiger charge is 2.40. The van der Waals surface area contributed by atoms with E-state index in [9.17, 15) is 14.4 Å². The zero-order valence-corrected chi connectivity index (χ0v) is 16.7. The van der Waals surface area contributed by atoms with Gasteiger partial charge < -0.3 is 10.2 Å². The molecule has 4 aliphatic heterocycles. The maximum absolute atomic E-state index is 13.2. The quantitative estimate of drug-likeness (QED) is 0.739. The third kappa shape index (κ3) is 3.46. The molecule has 7 heteroatoms. The van der Waals surface area contributed by atoms with Gasteiger partial charge in [-0.2, -0.15) is 0 Å². The molecule has 29 heavy (non-hydrogen) atoms. The van der Waals surface area contributed by atoms with Crippen molar-refractivity contribution >= 4 is 17.7 Å². The van der Waals surface area contributed by atoms with Crippen LogP contribution >= 0.6 is 0 Å². The van der Waals surface area contributed by atoms with Crippen LogP contribution in [0.1, 0.15) is 47.2 Å². The second kappa shape index (κ2) is 7.54. The van der Waals surface area contributed by atoms with Gasteiger partial charge >= 0.3 is 0 Å². The number of carbonyl (C=O) groups excluding carboxylic acids is 3. The van der Waals surface area contributed by atoms with Gasteiger partial charge in [0.15, 0.2) is 0 Å². The van der Waals surface area contributed by atoms with Crippen LogP contribution in [0.3, 0.4) is 0 Å². The molecule has 0 bridgehead atoms. The fourth-order valence-electron chi connectivity index (χ4n) is 5.33. The van der Waals surface area contributed by atoms with E-state index in [1.165, 1.54) is 12.8 Å². The molecule has 154 valence electrons. The first-order valence-corrected chi connectivity index (χ1v) is 10.8. The summed E-state index contributed by atoms with van der Waals surface area (Å²) in [5.41, 5.74) is 2.83. The predicted octanol–water partition coefficient (Wildman–Crippen LogP) is 0.879. The molecule has 0 radical (unpaired) electrons. The smallest absolute Gasteiger partial charge is 0.255 e. The van der Waals surface area contributed by atoms with Crippen molar-refractivity contribution in [2.24, 2.45) is 11.8 Å². The predicted molar refractivity (Wildman–Crippen MR) is 107 cm³/mol. The minimum absolute atomic E-state index is 0.0677. The van der Waals surface area contributed by atoms with Gasteiger partial charge in [0.05, 0.1) is 0 Å². The lowest BCUT2D eigenvalue weighted by Crippen LogP contribution is -2.52. The van der Waals surface area contributed by atoms with Crippen molar-refractivity contribution in [1.82, 2.24) is 20.4 Å². The number of nitrogens with zero attached hydrogens (tertiary/aromatic N) is 2. The summed E-state index contributed by atoms with van der Waals surface area (Å²) in [5.74, 6) is 0.873. The van der Waals surface area contributed by atoms with Crippen molar-refractivity contribution in [3.8, 4) is 0 Å². The number of likely N-dealkylation sites (tertiary alicyclic amines) is 1. The number of imide groups is 1. The van der Waals surface area contributed by atoms with Gasteiger partial charge in [0, 0.05) is 31.6 Å². The number of fused-ring (bicyclic) bond motifs is 1. The molecule has 5 rings (SSSR count). The Labute approximate surface area is 170 Å². The van der Waals surface area contributed by atoms with E-state index in [0.29, 0.717) is 13.0 Å². The lowest BCUT2D eigenvalue weighted by molar-refractivity contribution is -0.136. The van der Waals surface area contributed by atoms with Gasteiger partial charge in [-0.05, 0) is 61.9 Å². The minimum Gasteiger partial charge on any atom is -0.322 e. The van der Waals surface area contributed by atoms with E-state index in [1.807, 2.05) is 12.1 Å². The van der Waals surface area contributed by atoms with Crippen LogP contribution in [0.15, 0.2) is 18.2 Å². The van der Waals surface area contributed by atoms with Crippen LogP contribution in [0, 0.1) is 11.8 Å². The monoisotopic (exact) mass is 396 g/mol. The van der Waals surface area contributed by atoms with Crippen LogP contribution in [-0.2, 0) is 22.7 Å². The molecular weight excluding hydrogens is 368 g/mol. The number of nitrogens with one attached hydrogen (secondary N) is 2. The molecular formula is C22H28N4O3. The number of carbonyl (C=O) groups is 3. The molecule has 2 atom stereocenters. The Balaban J connectivity index is 1.32. The lowest BCUT2D eigenvalue weighted by atomic mass is 9.82. The molecule has 2 N–H and O–H groups in total. The fraction of sp³-hybridized carbons (Fsp3) is 0.591. The van der Waals surface area contributed by atoms with Gasteiger partial charge in [-0.25, -0.2) is 0 Å². The molecule has 0 saturated carbocycles. The molecule has 2 unspecified atom stereocenters. The average Bonchev–Trinajstić information content (AvgIpc) is 2.98. The summed E-state index contributed by atoms with van der Waals surface area (Å²) >= 11 is 0. The molecule has 3 saturated heterocycles. The zero-order chi connectivity index (χ0) is 20.0. The van der Waals surface area contributed by atoms with Crippen molar-refractivity contribution in [1.29, 1.82) is 0 Å². The lowest BCUT2D eigenvalue weighted by Gasteiger charge is -2.41. The Morgan fingerprint density at radius 2 is 1.93 bits per heavy atom. The first kappa shape index (κ1) is 18.8. The highest BCUT2D eigenvalue weighted by Crippen LogP contribution is 2.32. The second-order valence-electron chi connectivity index (χ2n) is 8.91. The Morgan fingerprint density at radius 1 is 1.07 bits per heavy atom. The molecule has 1 aromatic rings. The molecule has 0 aromatic heterocycles. The van der Waals surface area contributed by atoms with E-state index in [4.69, 9.17) is 0 Å².